The average molecular weight is 411 g/mol. The van der Waals surface area contributed by atoms with Gasteiger partial charge in [0, 0.05) is 5.56 Å². The number of methoxy groups -OCH3 is 1. The van der Waals surface area contributed by atoms with Gasteiger partial charge in [0.25, 0.3) is 0 Å². The van der Waals surface area contributed by atoms with Crippen LogP contribution in [0.25, 0.3) is 11.4 Å². The first kappa shape index (κ1) is 20.8. The van der Waals surface area contributed by atoms with Crippen molar-refractivity contribution in [2.75, 3.05) is 13.7 Å². The Kier molecular flexibility index (Phi) is 7.58. The first-order valence-electron chi connectivity index (χ1n) is 9.81. The molecule has 0 aliphatic heterocycles. The van der Waals surface area contributed by atoms with Crippen LogP contribution >= 0.6 is 12.2 Å². The number of aromatic amines is 1. The van der Waals surface area contributed by atoms with E-state index in [0.717, 1.165) is 23.3 Å². The zero-order valence-corrected chi connectivity index (χ0v) is 17.6. The molecule has 29 heavy (non-hydrogen) atoms. The molecular weight excluding hydrogens is 384 g/mol. The molecular formula is C22H26N4O2S. The number of aromatic nitrogens is 3. The molecule has 1 heterocycles. The van der Waals surface area contributed by atoms with Crippen LogP contribution < -0.4 is 9.47 Å². The lowest BCUT2D eigenvalue weighted by molar-refractivity contribution is 0.285. The highest BCUT2D eigenvalue weighted by atomic mass is 32.1. The maximum Gasteiger partial charge on any atom is 0.216 e. The number of rotatable bonds is 10. The van der Waals surface area contributed by atoms with Crippen molar-refractivity contribution in [1.82, 2.24) is 14.9 Å². The van der Waals surface area contributed by atoms with Gasteiger partial charge in [-0.1, -0.05) is 56.5 Å². The van der Waals surface area contributed by atoms with Crippen molar-refractivity contribution in [2.45, 2.75) is 32.6 Å². The lowest BCUT2D eigenvalue weighted by atomic mass is 10.2. The van der Waals surface area contributed by atoms with Crippen LogP contribution in [0.1, 0.15) is 38.2 Å². The van der Waals surface area contributed by atoms with Crippen LogP contribution in [0.5, 0.6) is 11.5 Å². The summed E-state index contributed by atoms with van der Waals surface area (Å²) in [6.45, 7) is 2.89. The molecule has 6 nitrogen and oxygen atoms in total. The van der Waals surface area contributed by atoms with E-state index in [1.807, 2.05) is 48.5 Å². The van der Waals surface area contributed by atoms with Crippen molar-refractivity contribution in [3.8, 4) is 22.9 Å². The molecule has 0 amide bonds. The summed E-state index contributed by atoms with van der Waals surface area (Å²) in [7, 11) is 1.64. The van der Waals surface area contributed by atoms with E-state index in [-0.39, 0.29) is 0 Å². The third kappa shape index (κ3) is 5.54. The van der Waals surface area contributed by atoms with E-state index in [0.29, 0.717) is 23.0 Å². The van der Waals surface area contributed by atoms with Crippen molar-refractivity contribution in [3.63, 3.8) is 0 Å². The summed E-state index contributed by atoms with van der Waals surface area (Å²) < 4.78 is 13.4. The second-order valence-electron chi connectivity index (χ2n) is 6.59. The van der Waals surface area contributed by atoms with Gasteiger partial charge in [-0.25, -0.2) is 5.10 Å². The number of benzene rings is 2. The van der Waals surface area contributed by atoms with Gasteiger partial charge in [-0.05, 0) is 42.4 Å². The molecule has 0 radical (unpaired) electrons. The van der Waals surface area contributed by atoms with Gasteiger partial charge in [-0.3, -0.25) is 0 Å². The van der Waals surface area contributed by atoms with Crippen molar-refractivity contribution < 1.29 is 9.47 Å². The SMILES string of the molecule is CCCCCCOc1ccc(/C=N\n2c(-c3ccccc3)n[nH]c2=S)cc1OC. The Bertz CT molecular complexity index is 996. The summed E-state index contributed by atoms with van der Waals surface area (Å²) in [4.78, 5) is 0. The van der Waals surface area contributed by atoms with Gasteiger partial charge in [0.2, 0.25) is 4.77 Å². The first-order chi connectivity index (χ1) is 14.2. The van der Waals surface area contributed by atoms with Crippen LogP contribution in [0.15, 0.2) is 53.6 Å². The number of ether oxygens (including phenoxy) is 2. The monoisotopic (exact) mass is 410 g/mol. The van der Waals surface area contributed by atoms with Gasteiger partial charge >= 0.3 is 0 Å². The van der Waals surface area contributed by atoms with E-state index in [1.54, 1.807) is 18.0 Å². The summed E-state index contributed by atoms with van der Waals surface area (Å²) in [6, 6.07) is 15.5. The van der Waals surface area contributed by atoms with Gasteiger partial charge in [-0.15, -0.1) is 0 Å². The van der Waals surface area contributed by atoms with E-state index < -0.39 is 0 Å². The lowest BCUT2D eigenvalue weighted by Crippen LogP contribution is -2.00. The zero-order chi connectivity index (χ0) is 20.5. The third-order valence-corrected chi connectivity index (χ3v) is 4.71. The van der Waals surface area contributed by atoms with Gasteiger partial charge in [0.05, 0.1) is 19.9 Å². The van der Waals surface area contributed by atoms with E-state index in [1.165, 1.54) is 19.3 Å². The molecule has 0 fully saturated rings. The summed E-state index contributed by atoms with van der Waals surface area (Å²) in [5.41, 5.74) is 1.81. The predicted molar refractivity (Wildman–Crippen MR) is 118 cm³/mol. The maximum atomic E-state index is 5.87. The predicted octanol–water partition coefficient (Wildman–Crippen LogP) is 5.46. The quantitative estimate of drug-likeness (QED) is 0.274. The van der Waals surface area contributed by atoms with E-state index in [9.17, 15) is 0 Å². The van der Waals surface area contributed by atoms with Crippen LogP contribution in [-0.4, -0.2) is 34.8 Å². The van der Waals surface area contributed by atoms with Gasteiger partial charge in [0.1, 0.15) is 0 Å². The Morgan fingerprint density at radius 3 is 2.69 bits per heavy atom. The van der Waals surface area contributed by atoms with Gasteiger partial charge in [-0.2, -0.15) is 14.9 Å². The fraction of sp³-hybridized carbons (Fsp3) is 0.318. The topological polar surface area (TPSA) is 64.4 Å². The highest BCUT2D eigenvalue weighted by Crippen LogP contribution is 2.28. The van der Waals surface area contributed by atoms with Crippen molar-refractivity contribution in [2.24, 2.45) is 5.10 Å². The number of nitrogens with one attached hydrogen (secondary N) is 1. The molecule has 0 aliphatic carbocycles. The highest BCUT2D eigenvalue weighted by molar-refractivity contribution is 7.71. The fourth-order valence-electron chi connectivity index (χ4n) is 2.89. The minimum Gasteiger partial charge on any atom is -0.493 e. The molecule has 0 atom stereocenters. The second-order valence-corrected chi connectivity index (χ2v) is 6.98. The lowest BCUT2D eigenvalue weighted by Gasteiger charge is -2.11. The van der Waals surface area contributed by atoms with Gasteiger partial charge < -0.3 is 9.47 Å². The van der Waals surface area contributed by atoms with Gasteiger partial charge in [0.15, 0.2) is 17.3 Å². The Labute approximate surface area is 176 Å². The zero-order valence-electron chi connectivity index (χ0n) is 16.8. The number of unbranched alkanes of at least 4 members (excludes halogenated alkanes) is 3. The minimum absolute atomic E-state index is 0.430. The van der Waals surface area contributed by atoms with E-state index in [4.69, 9.17) is 21.7 Å². The molecule has 0 saturated heterocycles. The third-order valence-electron chi connectivity index (χ3n) is 4.45. The summed E-state index contributed by atoms with van der Waals surface area (Å²) in [5.74, 6) is 2.08. The number of hydrogen-bond acceptors (Lipinski definition) is 5. The smallest absolute Gasteiger partial charge is 0.216 e. The molecule has 3 aromatic rings. The molecule has 0 aliphatic rings. The largest absolute Gasteiger partial charge is 0.493 e. The second kappa shape index (κ2) is 10.6. The summed E-state index contributed by atoms with van der Waals surface area (Å²) >= 11 is 5.32. The molecule has 0 unspecified atom stereocenters. The summed E-state index contributed by atoms with van der Waals surface area (Å²) in [5, 5.41) is 11.6. The normalized spacial score (nSPS) is 11.1. The first-order valence-corrected chi connectivity index (χ1v) is 10.2. The Balaban J connectivity index is 1.75. The van der Waals surface area contributed by atoms with Crippen molar-refractivity contribution >= 4 is 18.4 Å². The average Bonchev–Trinajstić information content (AvgIpc) is 3.13. The number of nitrogens with zero attached hydrogens (tertiary/aromatic N) is 3. The molecule has 7 heteroatoms. The fourth-order valence-corrected chi connectivity index (χ4v) is 3.07. The van der Waals surface area contributed by atoms with Crippen molar-refractivity contribution in [1.29, 1.82) is 0 Å². The summed E-state index contributed by atoms with van der Waals surface area (Å²) in [6.07, 6.45) is 6.40. The molecule has 3 rings (SSSR count). The van der Waals surface area contributed by atoms with Crippen LogP contribution in [-0.2, 0) is 0 Å². The minimum atomic E-state index is 0.430. The van der Waals surface area contributed by atoms with E-state index >= 15 is 0 Å². The Morgan fingerprint density at radius 2 is 1.93 bits per heavy atom. The van der Waals surface area contributed by atoms with Crippen LogP contribution in [0, 0.1) is 4.77 Å². The molecule has 0 bridgehead atoms. The van der Waals surface area contributed by atoms with Crippen molar-refractivity contribution in [3.05, 3.63) is 58.9 Å². The van der Waals surface area contributed by atoms with Crippen LogP contribution in [0.3, 0.4) is 0 Å². The van der Waals surface area contributed by atoms with Crippen LogP contribution in [0.2, 0.25) is 0 Å². The van der Waals surface area contributed by atoms with Crippen LogP contribution in [0.4, 0.5) is 0 Å². The maximum absolute atomic E-state index is 5.87. The molecule has 152 valence electrons. The Hall–Kier alpha value is -2.93. The standard InChI is InChI=1S/C22H26N4O2S/c1-3-4-5-9-14-28-19-13-12-17(15-20(19)27-2)16-23-26-21(24-25-22(26)29)18-10-7-6-8-11-18/h6-8,10-13,15-16H,3-5,9,14H2,1-2H3,(H,25,29)/b23-16-. The molecule has 1 N–H and O–H groups in total. The number of hydrogen-bond donors (Lipinski definition) is 1. The van der Waals surface area contributed by atoms with E-state index in [2.05, 4.69) is 22.2 Å². The molecule has 0 saturated carbocycles. The molecule has 2 aromatic carbocycles. The molecule has 0 spiro atoms. The Morgan fingerprint density at radius 1 is 1.10 bits per heavy atom. The highest BCUT2D eigenvalue weighted by Gasteiger charge is 2.08. The number of H-pyrrole nitrogens is 1. The molecule has 1 aromatic heterocycles.